The van der Waals surface area contributed by atoms with Gasteiger partial charge in [-0.1, -0.05) is 42.8 Å². The van der Waals surface area contributed by atoms with Gasteiger partial charge >= 0.3 is 5.97 Å². The van der Waals surface area contributed by atoms with Crippen LogP contribution in [0, 0.1) is 0 Å². The van der Waals surface area contributed by atoms with Gasteiger partial charge in [-0.25, -0.2) is 4.79 Å². The Morgan fingerprint density at radius 2 is 1.92 bits per heavy atom. The molecule has 0 aliphatic carbocycles. The molecule has 2 aromatic carbocycles. The summed E-state index contributed by atoms with van der Waals surface area (Å²) in [5.41, 5.74) is 4.02. The van der Waals surface area contributed by atoms with Gasteiger partial charge in [0.1, 0.15) is 6.61 Å². The van der Waals surface area contributed by atoms with Crippen molar-refractivity contribution in [3.63, 3.8) is 0 Å². The lowest BCUT2D eigenvalue weighted by atomic mass is 9.84. The molecule has 0 saturated carbocycles. The Kier molecular flexibility index (Phi) is 4.29. The van der Waals surface area contributed by atoms with E-state index in [0.29, 0.717) is 16.3 Å². The molecule has 2 aromatic rings. The molecular weight excluding hydrogens is 350 g/mol. The molecule has 2 aliphatic heterocycles. The van der Waals surface area contributed by atoms with Crippen molar-refractivity contribution in [2.75, 3.05) is 11.5 Å². The maximum atomic E-state index is 13.0. The summed E-state index contributed by atoms with van der Waals surface area (Å²) in [7, 11) is 0. The first-order chi connectivity index (χ1) is 12.6. The lowest BCUT2D eigenvalue weighted by Gasteiger charge is -2.32. The zero-order valence-corrected chi connectivity index (χ0v) is 15.1. The van der Waals surface area contributed by atoms with E-state index in [0.717, 1.165) is 17.7 Å². The maximum absolute atomic E-state index is 13.0. The van der Waals surface area contributed by atoms with Crippen LogP contribution in [-0.4, -0.2) is 18.5 Å². The quantitative estimate of drug-likeness (QED) is 0.762. The number of nitrogens with zero attached hydrogens (tertiary/aromatic N) is 1. The van der Waals surface area contributed by atoms with Crippen molar-refractivity contribution in [2.45, 2.75) is 25.7 Å². The normalized spacial score (nSPS) is 19.6. The zero-order chi connectivity index (χ0) is 18.3. The number of hydrogen-bond donors (Lipinski definition) is 0. The Balaban J connectivity index is 1.80. The van der Waals surface area contributed by atoms with Gasteiger partial charge in [0.25, 0.3) is 0 Å². The number of benzene rings is 2. The number of carbonyl (C=O) groups is 2. The van der Waals surface area contributed by atoms with Crippen LogP contribution in [0.4, 0.5) is 5.69 Å². The highest BCUT2D eigenvalue weighted by atomic mass is 35.5. The van der Waals surface area contributed by atoms with Crippen LogP contribution in [0.15, 0.2) is 59.8 Å². The van der Waals surface area contributed by atoms with Gasteiger partial charge in [-0.15, -0.1) is 0 Å². The molecule has 4 nitrogen and oxygen atoms in total. The Labute approximate surface area is 157 Å². The van der Waals surface area contributed by atoms with Crippen molar-refractivity contribution in [1.82, 2.24) is 0 Å². The summed E-state index contributed by atoms with van der Waals surface area (Å²) < 4.78 is 5.29. The van der Waals surface area contributed by atoms with Crippen LogP contribution >= 0.6 is 11.6 Å². The average molecular weight is 368 g/mol. The lowest BCUT2D eigenvalue weighted by Crippen LogP contribution is -2.37. The van der Waals surface area contributed by atoms with E-state index >= 15 is 0 Å². The SMILES string of the molecule is CCc1ccc(N2C(=O)CC(c3cccc(Cl)c3)C3=C2COC3=O)cc1. The molecule has 5 heteroatoms. The summed E-state index contributed by atoms with van der Waals surface area (Å²) in [6, 6.07) is 15.2. The Morgan fingerprint density at radius 3 is 2.62 bits per heavy atom. The number of anilines is 1. The van der Waals surface area contributed by atoms with Crippen molar-refractivity contribution in [2.24, 2.45) is 0 Å². The Morgan fingerprint density at radius 1 is 1.15 bits per heavy atom. The largest absolute Gasteiger partial charge is 0.456 e. The monoisotopic (exact) mass is 367 g/mol. The average Bonchev–Trinajstić information content (AvgIpc) is 3.03. The van der Waals surface area contributed by atoms with Crippen molar-refractivity contribution in [1.29, 1.82) is 0 Å². The summed E-state index contributed by atoms with van der Waals surface area (Å²) in [6.07, 6.45) is 1.14. The van der Waals surface area contributed by atoms with E-state index in [1.54, 1.807) is 17.0 Å². The standard InChI is InChI=1S/C21H18ClNO3/c1-2-13-6-8-16(9-7-13)23-18-12-26-21(25)20(18)17(11-19(23)24)14-4-3-5-15(22)10-14/h3-10,17H,2,11-12H2,1H3. The fraction of sp³-hybridized carbons (Fsp3) is 0.238. The first-order valence-electron chi connectivity index (χ1n) is 8.66. The minimum Gasteiger partial charge on any atom is -0.456 e. The van der Waals surface area contributed by atoms with Crippen LogP contribution in [0.1, 0.15) is 30.4 Å². The molecule has 1 unspecified atom stereocenters. The fourth-order valence-electron chi connectivity index (χ4n) is 3.64. The van der Waals surface area contributed by atoms with Crippen molar-refractivity contribution < 1.29 is 14.3 Å². The molecule has 2 heterocycles. The van der Waals surface area contributed by atoms with E-state index in [2.05, 4.69) is 6.92 Å². The second-order valence-corrected chi connectivity index (χ2v) is 6.93. The van der Waals surface area contributed by atoms with Gasteiger partial charge in [0.15, 0.2) is 0 Å². The lowest BCUT2D eigenvalue weighted by molar-refractivity contribution is -0.136. The number of hydrogen-bond acceptors (Lipinski definition) is 3. The maximum Gasteiger partial charge on any atom is 0.336 e. The number of rotatable bonds is 3. The Hall–Kier alpha value is -2.59. The van der Waals surface area contributed by atoms with Gasteiger partial charge in [0, 0.05) is 23.0 Å². The van der Waals surface area contributed by atoms with E-state index in [9.17, 15) is 9.59 Å². The van der Waals surface area contributed by atoms with E-state index in [1.807, 2.05) is 36.4 Å². The topological polar surface area (TPSA) is 46.6 Å². The minimum absolute atomic E-state index is 0.0451. The Bertz CT molecular complexity index is 917. The molecule has 0 radical (unpaired) electrons. The second kappa shape index (κ2) is 6.61. The highest BCUT2D eigenvalue weighted by molar-refractivity contribution is 6.30. The van der Waals surface area contributed by atoms with Crippen LogP contribution in [-0.2, 0) is 20.7 Å². The van der Waals surface area contributed by atoms with Crippen LogP contribution in [0.5, 0.6) is 0 Å². The first-order valence-corrected chi connectivity index (χ1v) is 9.03. The van der Waals surface area contributed by atoms with E-state index in [-0.39, 0.29) is 30.8 Å². The van der Waals surface area contributed by atoms with Gasteiger partial charge in [0.2, 0.25) is 5.91 Å². The molecule has 4 rings (SSSR count). The van der Waals surface area contributed by atoms with Crippen LogP contribution in [0.2, 0.25) is 5.02 Å². The third-order valence-corrected chi connectivity index (χ3v) is 5.21. The molecule has 1 atom stereocenters. The molecule has 0 aromatic heterocycles. The molecule has 0 spiro atoms. The van der Waals surface area contributed by atoms with Gasteiger partial charge in [-0.3, -0.25) is 9.69 Å². The van der Waals surface area contributed by atoms with Gasteiger partial charge in [-0.05, 0) is 41.8 Å². The van der Waals surface area contributed by atoms with E-state index < -0.39 is 0 Å². The highest BCUT2D eigenvalue weighted by Gasteiger charge is 2.42. The fourth-order valence-corrected chi connectivity index (χ4v) is 3.84. The van der Waals surface area contributed by atoms with Gasteiger partial charge in [-0.2, -0.15) is 0 Å². The number of aryl methyl sites for hydroxylation is 1. The molecule has 0 fully saturated rings. The number of esters is 1. The third-order valence-electron chi connectivity index (χ3n) is 4.97. The third kappa shape index (κ3) is 2.80. The van der Waals surface area contributed by atoms with Crippen molar-refractivity contribution in [3.8, 4) is 0 Å². The summed E-state index contributed by atoms with van der Waals surface area (Å²) in [5.74, 6) is -0.721. The van der Waals surface area contributed by atoms with Gasteiger partial charge in [0.05, 0.1) is 11.3 Å². The minimum atomic E-state index is -0.354. The molecule has 0 bridgehead atoms. The molecule has 0 saturated heterocycles. The molecule has 26 heavy (non-hydrogen) atoms. The molecule has 2 aliphatic rings. The van der Waals surface area contributed by atoms with E-state index in [4.69, 9.17) is 16.3 Å². The van der Waals surface area contributed by atoms with Crippen molar-refractivity contribution >= 4 is 29.2 Å². The smallest absolute Gasteiger partial charge is 0.336 e. The predicted molar refractivity (Wildman–Crippen MR) is 100 cm³/mol. The predicted octanol–water partition coefficient (Wildman–Crippen LogP) is 4.23. The number of ether oxygens (including phenoxy) is 1. The van der Waals surface area contributed by atoms with Crippen molar-refractivity contribution in [3.05, 3.63) is 76.0 Å². The van der Waals surface area contributed by atoms with Gasteiger partial charge < -0.3 is 4.74 Å². The van der Waals surface area contributed by atoms with Crippen LogP contribution in [0.3, 0.4) is 0 Å². The highest BCUT2D eigenvalue weighted by Crippen LogP contribution is 2.42. The molecule has 132 valence electrons. The summed E-state index contributed by atoms with van der Waals surface area (Å²) in [6.45, 7) is 2.20. The molecule has 1 amide bonds. The molecule has 0 N–H and O–H groups in total. The van der Waals surface area contributed by atoms with Crippen LogP contribution in [0.25, 0.3) is 0 Å². The first kappa shape index (κ1) is 16.9. The number of carbonyl (C=O) groups excluding carboxylic acids is 2. The number of amides is 1. The summed E-state index contributed by atoms with van der Waals surface area (Å²) >= 11 is 6.11. The zero-order valence-electron chi connectivity index (χ0n) is 14.4. The summed E-state index contributed by atoms with van der Waals surface area (Å²) in [4.78, 5) is 27.0. The van der Waals surface area contributed by atoms with E-state index in [1.165, 1.54) is 5.56 Å². The second-order valence-electron chi connectivity index (χ2n) is 6.50. The van der Waals surface area contributed by atoms with Crippen LogP contribution < -0.4 is 4.90 Å². The number of cyclic esters (lactones) is 1. The molecular formula is C21H18ClNO3. The summed E-state index contributed by atoms with van der Waals surface area (Å²) in [5, 5.41) is 0.584. The number of halogens is 1.